The van der Waals surface area contributed by atoms with E-state index in [1.807, 2.05) is 30.3 Å². The monoisotopic (exact) mass is 295 g/mol. The first kappa shape index (κ1) is 16.6. The number of carbonyl (C=O) groups is 2. The molecule has 110 valence electrons. The maximum Gasteiger partial charge on any atom is 0.313 e. The zero-order chi connectivity index (χ0) is 15.0. The van der Waals surface area contributed by atoms with Crippen LogP contribution in [0, 0.1) is 5.92 Å². The smallest absolute Gasteiger partial charge is 0.313 e. The second-order valence-corrected chi connectivity index (χ2v) is 6.03. The summed E-state index contributed by atoms with van der Waals surface area (Å²) in [7, 11) is 0. The van der Waals surface area contributed by atoms with E-state index in [1.54, 1.807) is 0 Å². The number of hydrogen-bond acceptors (Lipinski definition) is 3. The molecule has 0 aliphatic rings. The summed E-state index contributed by atoms with van der Waals surface area (Å²) in [5.74, 6) is -0.427. The number of benzene rings is 1. The highest BCUT2D eigenvalue weighted by Gasteiger charge is 2.16. The van der Waals surface area contributed by atoms with E-state index in [-0.39, 0.29) is 23.5 Å². The van der Waals surface area contributed by atoms with Crippen molar-refractivity contribution >= 4 is 23.6 Å². The summed E-state index contributed by atoms with van der Waals surface area (Å²) in [4.78, 5) is 22.3. The predicted octanol–water partition coefficient (Wildman–Crippen LogP) is 2.71. The van der Waals surface area contributed by atoms with Crippen LogP contribution >= 0.6 is 11.8 Å². The molecule has 0 aromatic heterocycles. The van der Waals surface area contributed by atoms with Crippen LogP contribution in [0.4, 0.5) is 0 Å². The Morgan fingerprint density at radius 2 is 1.85 bits per heavy atom. The SMILES string of the molecule is CC(C)CC(NC(=O)CSCC(=O)O)c1ccccc1. The molecule has 0 radical (unpaired) electrons. The minimum atomic E-state index is -0.899. The molecule has 1 unspecified atom stereocenters. The number of thioether (sulfide) groups is 1. The van der Waals surface area contributed by atoms with Crippen LogP contribution in [-0.2, 0) is 9.59 Å². The lowest BCUT2D eigenvalue weighted by molar-refractivity contribution is -0.133. The van der Waals surface area contributed by atoms with Gasteiger partial charge >= 0.3 is 5.97 Å². The van der Waals surface area contributed by atoms with Crippen LogP contribution in [-0.4, -0.2) is 28.5 Å². The molecule has 4 nitrogen and oxygen atoms in total. The molecule has 0 bridgehead atoms. The molecular weight excluding hydrogens is 274 g/mol. The second-order valence-electron chi connectivity index (χ2n) is 5.05. The molecule has 0 saturated carbocycles. The summed E-state index contributed by atoms with van der Waals surface area (Å²) >= 11 is 1.11. The van der Waals surface area contributed by atoms with E-state index in [4.69, 9.17) is 5.11 Å². The summed E-state index contributed by atoms with van der Waals surface area (Å²) in [6.45, 7) is 4.22. The molecule has 1 atom stereocenters. The number of nitrogens with one attached hydrogen (secondary N) is 1. The van der Waals surface area contributed by atoms with Gasteiger partial charge in [0.1, 0.15) is 0 Å². The molecule has 0 spiro atoms. The Bertz CT molecular complexity index is 434. The van der Waals surface area contributed by atoms with Crippen molar-refractivity contribution in [2.24, 2.45) is 5.92 Å². The number of aliphatic carboxylic acids is 1. The number of carboxylic acids is 1. The van der Waals surface area contributed by atoms with Gasteiger partial charge in [0.25, 0.3) is 0 Å². The third-order valence-corrected chi connectivity index (χ3v) is 3.62. The van der Waals surface area contributed by atoms with Gasteiger partial charge in [0, 0.05) is 0 Å². The number of carboxylic acid groups (broad SMARTS) is 1. The van der Waals surface area contributed by atoms with Crippen molar-refractivity contribution in [1.29, 1.82) is 0 Å². The van der Waals surface area contributed by atoms with E-state index in [1.165, 1.54) is 0 Å². The molecule has 20 heavy (non-hydrogen) atoms. The Morgan fingerprint density at radius 3 is 2.40 bits per heavy atom. The maximum atomic E-state index is 11.9. The first-order chi connectivity index (χ1) is 9.49. The molecule has 1 amide bonds. The zero-order valence-electron chi connectivity index (χ0n) is 11.8. The Morgan fingerprint density at radius 1 is 1.20 bits per heavy atom. The van der Waals surface area contributed by atoms with Gasteiger partial charge in [-0.25, -0.2) is 0 Å². The van der Waals surface area contributed by atoms with Gasteiger partial charge in [-0.3, -0.25) is 9.59 Å². The fraction of sp³-hybridized carbons (Fsp3) is 0.467. The van der Waals surface area contributed by atoms with Gasteiger partial charge in [-0.2, -0.15) is 0 Å². The largest absolute Gasteiger partial charge is 0.481 e. The lowest BCUT2D eigenvalue weighted by Gasteiger charge is -2.21. The van der Waals surface area contributed by atoms with Crippen molar-refractivity contribution in [3.05, 3.63) is 35.9 Å². The zero-order valence-corrected chi connectivity index (χ0v) is 12.7. The summed E-state index contributed by atoms with van der Waals surface area (Å²) in [5, 5.41) is 11.5. The van der Waals surface area contributed by atoms with E-state index in [0.717, 1.165) is 23.7 Å². The van der Waals surface area contributed by atoms with Gasteiger partial charge in [-0.05, 0) is 17.9 Å². The van der Waals surface area contributed by atoms with Crippen molar-refractivity contribution in [2.75, 3.05) is 11.5 Å². The Balaban J connectivity index is 2.57. The molecule has 0 heterocycles. The van der Waals surface area contributed by atoms with E-state index in [9.17, 15) is 9.59 Å². The predicted molar refractivity (Wildman–Crippen MR) is 81.7 cm³/mol. The summed E-state index contributed by atoms with van der Waals surface area (Å²) in [5.41, 5.74) is 1.08. The quantitative estimate of drug-likeness (QED) is 0.774. The van der Waals surface area contributed by atoms with Gasteiger partial charge in [0.05, 0.1) is 17.5 Å². The van der Waals surface area contributed by atoms with E-state index in [0.29, 0.717) is 5.92 Å². The van der Waals surface area contributed by atoms with Crippen LogP contribution in [0.5, 0.6) is 0 Å². The van der Waals surface area contributed by atoms with Gasteiger partial charge in [0.2, 0.25) is 5.91 Å². The lowest BCUT2D eigenvalue weighted by Crippen LogP contribution is -2.31. The molecule has 1 aromatic rings. The summed E-state index contributed by atoms with van der Waals surface area (Å²) in [6, 6.07) is 9.83. The highest BCUT2D eigenvalue weighted by atomic mass is 32.2. The minimum absolute atomic E-state index is 0.0193. The highest BCUT2D eigenvalue weighted by Crippen LogP contribution is 2.21. The second kappa shape index (κ2) is 8.64. The molecule has 1 aromatic carbocycles. The van der Waals surface area contributed by atoms with E-state index >= 15 is 0 Å². The summed E-state index contributed by atoms with van der Waals surface area (Å²) < 4.78 is 0. The Kier molecular flexibility index (Phi) is 7.15. The Hall–Kier alpha value is -1.49. The lowest BCUT2D eigenvalue weighted by atomic mass is 9.97. The fourth-order valence-electron chi connectivity index (χ4n) is 1.90. The van der Waals surface area contributed by atoms with Crippen LogP contribution in [0.1, 0.15) is 31.9 Å². The molecule has 2 N–H and O–H groups in total. The van der Waals surface area contributed by atoms with Crippen LogP contribution in [0.25, 0.3) is 0 Å². The van der Waals surface area contributed by atoms with Crippen molar-refractivity contribution in [2.45, 2.75) is 26.3 Å². The molecular formula is C15H21NO3S. The topological polar surface area (TPSA) is 66.4 Å². The molecule has 0 fully saturated rings. The fourth-order valence-corrected chi connectivity index (χ4v) is 2.45. The van der Waals surface area contributed by atoms with Crippen molar-refractivity contribution in [3.63, 3.8) is 0 Å². The van der Waals surface area contributed by atoms with Crippen LogP contribution < -0.4 is 5.32 Å². The minimum Gasteiger partial charge on any atom is -0.481 e. The molecule has 1 rings (SSSR count). The third kappa shape index (κ3) is 6.61. The summed E-state index contributed by atoms with van der Waals surface area (Å²) in [6.07, 6.45) is 0.860. The van der Waals surface area contributed by atoms with Crippen molar-refractivity contribution < 1.29 is 14.7 Å². The van der Waals surface area contributed by atoms with Crippen molar-refractivity contribution in [1.82, 2.24) is 5.32 Å². The van der Waals surface area contributed by atoms with Crippen LogP contribution in [0.2, 0.25) is 0 Å². The maximum absolute atomic E-state index is 11.9. The standard InChI is InChI=1S/C15H21NO3S/c1-11(2)8-13(12-6-4-3-5-7-12)16-14(17)9-20-10-15(18)19/h3-7,11,13H,8-10H2,1-2H3,(H,16,17)(H,18,19). The van der Waals surface area contributed by atoms with E-state index < -0.39 is 5.97 Å². The average molecular weight is 295 g/mol. The van der Waals surface area contributed by atoms with Crippen LogP contribution in [0.3, 0.4) is 0 Å². The number of rotatable bonds is 8. The average Bonchev–Trinajstić information content (AvgIpc) is 2.38. The highest BCUT2D eigenvalue weighted by molar-refractivity contribution is 8.00. The number of hydrogen-bond donors (Lipinski definition) is 2. The molecule has 0 aliphatic heterocycles. The normalized spacial score (nSPS) is 12.2. The molecule has 5 heteroatoms. The van der Waals surface area contributed by atoms with Gasteiger partial charge in [-0.15, -0.1) is 11.8 Å². The molecule has 0 saturated heterocycles. The first-order valence-corrected chi connectivity index (χ1v) is 7.78. The van der Waals surface area contributed by atoms with Gasteiger partial charge in [-0.1, -0.05) is 44.2 Å². The third-order valence-electron chi connectivity index (χ3n) is 2.70. The van der Waals surface area contributed by atoms with Crippen molar-refractivity contribution in [3.8, 4) is 0 Å². The molecule has 0 aliphatic carbocycles. The first-order valence-electron chi connectivity index (χ1n) is 6.63. The van der Waals surface area contributed by atoms with Gasteiger partial charge < -0.3 is 10.4 Å². The number of amides is 1. The number of carbonyl (C=O) groups excluding carboxylic acids is 1. The van der Waals surface area contributed by atoms with E-state index in [2.05, 4.69) is 19.2 Å². The van der Waals surface area contributed by atoms with Gasteiger partial charge in [0.15, 0.2) is 0 Å². The van der Waals surface area contributed by atoms with Crippen LogP contribution in [0.15, 0.2) is 30.3 Å². The Labute approximate surface area is 124 Å².